The Kier molecular flexibility index (Phi) is 5.90. The second kappa shape index (κ2) is 8.97. The third-order valence-electron chi connectivity index (χ3n) is 6.61. The van der Waals surface area contributed by atoms with Crippen molar-refractivity contribution in [2.75, 3.05) is 18.4 Å². The van der Waals surface area contributed by atoms with Gasteiger partial charge in [0.2, 0.25) is 5.91 Å². The summed E-state index contributed by atoms with van der Waals surface area (Å²) < 4.78 is 2.33. The first-order valence-electron chi connectivity index (χ1n) is 11.4. The van der Waals surface area contributed by atoms with Crippen molar-refractivity contribution in [3.05, 3.63) is 77.3 Å². The fourth-order valence-electron chi connectivity index (χ4n) is 4.96. The molecule has 0 bridgehead atoms. The average molecular weight is 446 g/mol. The lowest BCUT2D eigenvalue weighted by Gasteiger charge is -2.31. The monoisotopic (exact) mass is 445 g/mol. The predicted molar refractivity (Wildman–Crippen MR) is 133 cm³/mol. The van der Waals surface area contributed by atoms with Crippen LogP contribution in [-0.4, -0.2) is 28.5 Å². The van der Waals surface area contributed by atoms with Crippen LogP contribution >= 0.6 is 11.6 Å². The van der Waals surface area contributed by atoms with Gasteiger partial charge in [-0.05, 0) is 74.8 Å². The van der Waals surface area contributed by atoms with Crippen LogP contribution in [0.1, 0.15) is 25.3 Å². The molecule has 0 unspecified atom stereocenters. The summed E-state index contributed by atoms with van der Waals surface area (Å²) in [6, 6.07) is 22.8. The Hall–Kier alpha value is -2.82. The number of rotatable bonds is 5. The largest absolute Gasteiger partial charge is 0.341 e. The van der Waals surface area contributed by atoms with Gasteiger partial charge in [0.15, 0.2) is 0 Å². The number of carbonyl (C=O) groups excluding carboxylic acids is 1. The number of aryl methyl sites for hydroxylation is 1. The summed E-state index contributed by atoms with van der Waals surface area (Å²) in [7, 11) is 0. The topological polar surface area (TPSA) is 37.3 Å². The highest BCUT2D eigenvalue weighted by Gasteiger charge is 2.25. The van der Waals surface area contributed by atoms with Gasteiger partial charge in [-0.2, -0.15) is 0 Å². The molecule has 1 aromatic heterocycles. The predicted octanol–water partition coefficient (Wildman–Crippen LogP) is 6.32. The van der Waals surface area contributed by atoms with Crippen LogP contribution < -0.4 is 5.32 Å². The number of carbonyl (C=O) groups is 1. The van der Waals surface area contributed by atoms with E-state index in [0.717, 1.165) is 49.7 Å². The summed E-state index contributed by atoms with van der Waals surface area (Å²) in [5.74, 6) is 0.185. The molecule has 0 radical (unpaired) electrons. The number of nitrogens with one attached hydrogen (secondary N) is 1. The lowest BCUT2D eigenvalue weighted by Crippen LogP contribution is -2.37. The minimum absolute atomic E-state index is 0.0540. The Morgan fingerprint density at radius 1 is 0.969 bits per heavy atom. The highest BCUT2D eigenvalue weighted by Crippen LogP contribution is 2.31. The lowest BCUT2D eigenvalue weighted by atomic mass is 9.95. The molecule has 4 nitrogen and oxygen atoms in total. The number of anilines is 1. The van der Waals surface area contributed by atoms with Gasteiger partial charge in [0.1, 0.15) is 0 Å². The third kappa shape index (κ3) is 4.13. The second-order valence-corrected chi connectivity index (χ2v) is 9.10. The van der Waals surface area contributed by atoms with Gasteiger partial charge in [-0.15, -0.1) is 0 Å². The van der Waals surface area contributed by atoms with Crippen molar-refractivity contribution in [1.29, 1.82) is 0 Å². The Labute approximate surface area is 193 Å². The van der Waals surface area contributed by atoms with Gasteiger partial charge in [-0.1, -0.05) is 41.9 Å². The molecule has 0 spiro atoms. The molecule has 1 fully saturated rings. The van der Waals surface area contributed by atoms with E-state index in [4.69, 9.17) is 11.6 Å². The molecule has 1 N–H and O–H groups in total. The van der Waals surface area contributed by atoms with Crippen LogP contribution in [0.3, 0.4) is 0 Å². The standard InChI is InChI=1S/C27H28ClN3O/c1-2-31-25-9-4-3-8-23(25)24-17-22(10-11-26(24)31)29-27(32)20-12-14-30(15-13-20)18-19-6-5-7-21(28)16-19/h3-11,16-17,20H,2,12-15,18H2,1H3,(H,29,32). The molecule has 5 heteroatoms. The van der Waals surface area contributed by atoms with Crippen molar-refractivity contribution in [3.63, 3.8) is 0 Å². The van der Waals surface area contributed by atoms with Crippen LogP contribution in [0.2, 0.25) is 5.02 Å². The summed E-state index contributed by atoms with van der Waals surface area (Å²) in [6.07, 6.45) is 1.76. The number of fused-ring (bicyclic) bond motifs is 3. The Morgan fingerprint density at radius 3 is 2.53 bits per heavy atom. The van der Waals surface area contributed by atoms with Crippen molar-refractivity contribution in [2.45, 2.75) is 32.9 Å². The summed E-state index contributed by atoms with van der Waals surface area (Å²) in [5.41, 5.74) is 4.55. The summed E-state index contributed by atoms with van der Waals surface area (Å²) in [5, 5.41) is 6.38. The molecular weight excluding hydrogens is 418 g/mol. The van der Waals surface area contributed by atoms with Crippen molar-refractivity contribution < 1.29 is 4.79 Å². The first-order chi connectivity index (χ1) is 15.6. The summed E-state index contributed by atoms with van der Waals surface area (Å²) in [6.45, 7) is 5.82. The maximum absolute atomic E-state index is 13.0. The Balaban J connectivity index is 1.26. The molecule has 3 aromatic carbocycles. The zero-order valence-corrected chi connectivity index (χ0v) is 19.1. The quantitative estimate of drug-likeness (QED) is 0.390. The SMILES string of the molecule is CCn1c2ccccc2c2cc(NC(=O)C3CCN(Cc4cccc(Cl)c4)CC3)ccc21. The van der Waals surface area contributed by atoms with E-state index in [2.05, 4.69) is 64.2 Å². The molecule has 4 aromatic rings. The maximum Gasteiger partial charge on any atom is 0.227 e. The summed E-state index contributed by atoms with van der Waals surface area (Å²) >= 11 is 6.11. The summed E-state index contributed by atoms with van der Waals surface area (Å²) in [4.78, 5) is 15.4. The van der Waals surface area contributed by atoms with E-state index in [9.17, 15) is 4.79 Å². The number of aromatic nitrogens is 1. The molecule has 5 rings (SSSR count). The smallest absolute Gasteiger partial charge is 0.227 e. The molecule has 0 aliphatic carbocycles. The fraction of sp³-hybridized carbons (Fsp3) is 0.296. The van der Waals surface area contributed by atoms with Gasteiger partial charge in [0.05, 0.1) is 0 Å². The van der Waals surface area contributed by atoms with Gasteiger partial charge in [0.25, 0.3) is 0 Å². The minimum Gasteiger partial charge on any atom is -0.341 e. The van der Waals surface area contributed by atoms with E-state index >= 15 is 0 Å². The molecule has 164 valence electrons. The number of likely N-dealkylation sites (tertiary alicyclic amines) is 1. The van der Waals surface area contributed by atoms with E-state index < -0.39 is 0 Å². The number of para-hydroxylation sites is 1. The number of nitrogens with zero attached hydrogens (tertiary/aromatic N) is 2. The van der Waals surface area contributed by atoms with Gasteiger partial charge in [-0.25, -0.2) is 0 Å². The zero-order valence-electron chi connectivity index (χ0n) is 18.4. The van der Waals surface area contributed by atoms with E-state index in [1.54, 1.807) is 0 Å². The molecule has 2 heterocycles. The molecule has 1 aliphatic heterocycles. The minimum atomic E-state index is 0.0540. The van der Waals surface area contributed by atoms with Crippen molar-refractivity contribution in [3.8, 4) is 0 Å². The number of hydrogen-bond donors (Lipinski definition) is 1. The number of piperidine rings is 1. The van der Waals surface area contributed by atoms with Crippen molar-refractivity contribution in [2.24, 2.45) is 5.92 Å². The molecule has 0 atom stereocenters. The van der Waals surface area contributed by atoms with E-state index in [-0.39, 0.29) is 11.8 Å². The van der Waals surface area contributed by atoms with E-state index in [1.165, 1.54) is 27.4 Å². The van der Waals surface area contributed by atoms with Crippen LogP contribution in [0.25, 0.3) is 21.8 Å². The van der Waals surface area contributed by atoms with Gasteiger partial charge in [-0.3, -0.25) is 9.69 Å². The van der Waals surface area contributed by atoms with Crippen LogP contribution in [0.5, 0.6) is 0 Å². The first kappa shape index (κ1) is 21.0. The van der Waals surface area contributed by atoms with Gasteiger partial charge in [0, 0.05) is 51.5 Å². The Bertz CT molecular complexity index is 1270. The molecule has 1 aliphatic rings. The average Bonchev–Trinajstić information content (AvgIpc) is 3.12. The van der Waals surface area contributed by atoms with E-state index in [1.807, 2.05) is 24.3 Å². The Morgan fingerprint density at radius 2 is 1.75 bits per heavy atom. The molecular formula is C27H28ClN3O. The third-order valence-corrected chi connectivity index (χ3v) is 6.84. The normalized spacial score (nSPS) is 15.4. The molecule has 1 saturated heterocycles. The number of amides is 1. The second-order valence-electron chi connectivity index (χ2n) is 8.66. The van der Waals surface area contributed by atoms with Gasteiger partial charge < -0.3 is 9.88 Å². The number of benzene rings is 3. The van der Waals surface area contributed by atoms with E-state index in [0.29, 0.717) is 0 Å². The maximum atomic E-state index is 13.0. The fourth-order valence-corrected chi connectivity index (χ4v) is 5.18. The number of hydrogen-bond acceptors (Lipinski definition) is 2. The lowest BCUT2D eigenvalue weighted by molar-refractivity contribution is -0.121. The highest BCUT2D eigenvalue weighted by molar-refractivity contribution is 6.30. The highest BCUT2D eigenvalue weighted by atomic mass is 35.5. The van der Waals surface area contributed by atoms with Gasteiger partial charge >= 0.3 is 0 Å². The number of halogens is 1. The molecule has 1 amide bonds. The van der Waals surface area contributed by atoms with Crippen molar-refractivity contribution in [1.82, 2.24) is 9.47 Å². The van der Waals surface area contributed by atoms with Crippen LogP contribution in [0, 0.1) is 5.92 Å². The van der Waals surface area contributed by atoms with Crippen LogP contribution in [0.4, 0.5) is 5.69 Å². The first-order valence-corrected chi connectivity index (χ1v) is 11.8. The zero-order chi connectivity index (χ0) is 22.1. The van der Waals surface area contributed by atoms with Crippen LogP contribution in [-0.2, 0) is 17.9 Å². The molecule has 32 heavy (non-hydrogen) atoms. The van der Waals surface area contributed by atoms with Crippen LogP contribution in [0.15, 0.2) is 66.7 Å². The van der Waals surface area contributed by atoms with Crippen molar-refractivity contribution >= 4 is 45.0 Å². The molecule has 0 saturated carbocycles.